The number of sulfonamides is 1. The average molecular weight is 642 g/mol. The van der Waals surface area contributed by atoms with Crippen molar-refractivity contribution in [1.29, 1.82) is 0 Å². The van der Waals surface area contributed by atoms with Crippen molar-refractivity contribution in [2.45, 2.75) is 45.2 Å². The highest BCUT2D eigenvalue weighted by molar-refractivity contribution is 7.92. The molecule has 0 fully saturated rings. The number of anilines is 1. The molecule has 1 atom stereocenters. The Hall–Kier alpha value is -4.45. The smallest absolute Gasteiger partial charge is 0.264 e. The average Bonchev–Trinajstić information content (AvgIpc) is 3.04. The summed E-state index contributed by atoms with van der Waals surface area (Å²) in [5, 5.41) is 2.88. The molecule has 0 saturated heterocycles. The zero-order valence-electron chi connectivity index (χ0n) is 26.9. The number of rotatable bonds is 16. The van der Waals surface area contributed by atoms with E-state index in [4.69, 9.17) is 18.9 Å². The standard InChI is InChI=1S/C33H43N3O8S/c1-8-44-27-14-12-26(13-15-27)36(45(39,40)29-16-17-30(42-6)31(19-29)43-7)22-32(37)35(24(4)33(38)34-20-23(2)3)21-25-10-9-11-28(18-25)41-5/h9-19,23-24H,8,20-22H2,1-7H3,(H,34,38)/t24-/m0/s1. The number of carbonyl (C=O) groups excluding carboxylic acids is 2. The fourth-order valence-electron chi connectivity index (χ4n) is 4.51. The molecule has 0 aliphatic carbocycles. The number of nitrogens with one attached hydrogen (secondary N) is 1. The van der Waals surface area contributed by atoms with Gasteiger partial charge in [0.1, 0.15) is 24.1 Å². The topological polar surface area (TPSA) is 124 Å². The number of benzene rings is 3. The van der Waals surface area contributed by atoms with Crippen LogP contribution in [-0.4, -0.2) is 72.2 Å². The number of hydrogen-bond donors (Lipinski definition) is 1. The molecule has 244 valence electrons. The van der Waals surface area contributed by atoms with Crippen LogP contribution in [0.25, 0.3) is 0 Å². The summed E-state index contributed by atoms with van der Waals surface area (Å²) in [6.07, 6.45) is 0. The maximum absolute atomic E-state index is 14.2. The van der Waals surface area contributed by atoms with Crippen molar-refractivity contribution in [3.63, 3.8) is 0 Å². The van der Waals surface area contributed by atoms with E-state index in [1.807, 2.05) is 26.8 Å². The summed E-state index contributed by atoms with van der Waals surface area (Å²) < 4.78 is 51.0. The van der Waals surface area contributed by atoms with E-state index in [1.165, 1.54) is 44.4 Å². The molecule has 0 unspecified atom stereocenters. The molecule has 0 spiro atoms. The van der Waals surface area contributed by atoms with Crippen molar-refractivity contribution in [2.75, 3.05) is 45.3 Å². The summed E-state index contributed by atoms with van der Waals surface area (Å²) in [6.45, 7) is 7.72. The van der Waals surface area contributed by atoms with E-state index >= 15 is 0 Å². The van der Waals surface area contributed by atoms with Crippen molar-refractivity contribution in [1.82, 2.24) is 10.2 Å². The van der Waals surface area contributed by atoms with Crippen LogP contribution < -0.4 is 28.6 Å². The number of ether oxygens (including phenoxy) is 4. The van der Waals surface area contributed by atoms with Gasteiger partial charge >= 0.3 is 0 Å². The van der Waals surface area contributed by atoms with E-state index in [0.29, 0.717) is 36.0 Å². The summed E-state index contributed by atoms with van der Waals surface area (Å²) in [4.78, 5) is 28.7. The Balaban J connectivity index is 2.08. The van der Waals surface area contributed by atoms with Crippen LogP contribution in [0.4, 0.5) is 5.69 Å². The van der Waals surface area contributed by atoms with Gasteiger partial charge < -0.3 is 29.2 Å². The Morgan fingerprint density at radius 3 is 2.13 bits per heavy atom. The Morgan fingerprint density at radius 2 is 1.53 bits per heavy atom. The maximum Gasteiger partial charge on any atom is 0.264 e. The van der Waals surface area contributed by atoms with Gasteiger partial charge in [-0.1, -0.05) is 26.0 Å². The molecule has 0 aromatic heterocycles. The lowest BCUT2D eigenvalue weighted by Crippen LogP contribution is -2.51. The maximum atomic E-state index is 14.2. The summed E-state index contributed by atoms with van der Waals surface area (Å²) in [5.41, 5.74) is 0.946. The van der Waals surface area contributed by atoms with Gasteiger partial charge in [0.2, 0.25) is 11.8 Å². The highest BCUT2D eigenvalue weighted by Crippen LogP contribution is 2.33. The van der Waals surface area contributed by atoms with E-state index < -0.39 is 28.5 Å². The number of hydrogen-bond acceptors (Lipinski definition) is 8. The van der Waals surface area contributed by atoms with E-state index in [9.17, 15) is 18.0 Å². The molecule has 0 heterocycles. The number of nitrogens with zero attached hydrogens (tertiary/aromatic N) is 2. The minimum absolute atomic E-state index is 0.0415. The summed E-state index contributed by atoms with van der Waals surface area (Å²) in [5.74, 6) is 0.969. The summed E-state index contributed by atoms with van der Waals surface area (Å²) in [7, 11) is 0.0696. The first kappa shape index (κ1) is 35.0. The first-order valence-electron chi connectivity index (χ1n) is 14.6. The molecule has 12 heteroatoms. The van der Waals surface area contributed by atoms with Gasteiger partial charge in [0.05, 0.1) is 38.5 Å². The Morgan fingerprint density at radius 1 is 0.844 bits per heavy atom. The molecule has 11 nitrogen and oxygen atoms in total. The lowest BCUT2D eigenvalue weighted by molar-refractivity contribution is -0.139. The first-order chi connectivity index (χ1) is 21.4. The van der Waals surface area contributed by atoms with Crippen LogP contribution in [-0.2, 0) is 26.2 Å². The molecule has 0 aliphatic heterocycles. The molecule has 3 rings (SSSR count). The first-order valence-corrected chi connectivity index (χ1v) is 16.1. The van der Waals surface area contributed by atoms with Crippen LogP contribution in [0.15, 0.2) is 71.6 Å². The van der Waals surface area contributed by atoms with Crippen LogP contribution in [0.2, 0.25) is 0 Å². The molecule has 0 bridgehead atoms. The van der Waals surface area contributed by atoms with Gasteiger partial charge in [0, 0.05) is 19.2 Å². The minimum Gasteiger partial charge on any atom is -0.497 e. The van der Waals surface area contributed by atoms with Crippen LogP contribution in [0, 0.1) is 5.92 Å². The lowest BCUT2D eigenvalue weighted by atomic mass is 10.1. The molecule has 2 amide bonds. The summed E-state index contributed by atoms with van der Waals surface area (Å²) in [6, 6.07) is 16.9. The second kappa shape index (κ2) is 16.0. The van der Waals surface area contributed by atoms with Crippen molar-refractivity contribution in [2.24, 2.45) is 5.92 Å². The third-order valence-corrected chi connectivity index (χ3v) is 8.77. The minimum atomic E-state index is -4.33. The highest BCUT2D eigenvalue weighted by atomic mass is 32.2. The van der Waals surface area contributed by atoms with E-state index in [0.717, 1.165) is 4.31 Å². The predicted octanol–water partition coefficient (Wildman–Crippen LogP) is 4.50. The van der Waals surface area contributed by atoms with E-state index in [-0.39, 0.29) is 34.7 Å². The largest absolute Gasteiger partial charge is 0.497 e. The van der Waals surface area contributed by atoms with Crippen LogP contribution in [0.5, 0.6) is 23.0 Å². The van der Waals surface area contributed by atoms with Crippen molar-refractivity contribution < 1.29 is 37.0 Å². The molecule has 0 saturated carbocycles. The Kier molecular flexibility index (Phi) is 12.5. The molecule has 45 heavy (non-hydrogen) atoms. The zero-order valence-corrected chi connectivity index (χ0v) is 27.7. The van der Waals surface area contributed by atoms with Gasteiger partial charge in [0.25, 0.3) is 10.0 Å². The molecule has 0 aliphatic rings. The number of amides is 2. The third kappa shape index (κ3) is 9.04. The fraction of sp³-hybridized carbons (Fsp3) is 0.394. The quantitative estimate of drug-likeness (QED) is 0.243. The predicted molar refractivity (Wildman–Crippen MR) is 173 cm³/mol. The van der Waals surface area contributed by atoms with Gasteiger partial charge in [-0.2, -0.15) is 0 Å². The molecule has 0 radical (unpaired) electrons. The van der Waals surface area contributed by atoms with E-state index in [2.05, 4.69) is 5.32 Å². The van der Waals surface area contributed by atoms with Gasteiger partial charge in [-0.15, -0.1) is 0 Å². The van der Waals surface area contributed by atoms with Crippen LogP contribution in [0.3, 0.4) is 0 Å². The highest BCUT2D eigenvalue weighted by Gasteiger charge is 2.33. The van der Waals surface area contributed by atoms with E-state index in [1.54, 1.807) is 49.4 Å². The number of carbonyl (C=O) groups is 2. The van der Waals surface area contributed by atoms with Gasteiger partial charge in [0.15, 0.2) is 11.5 Å². The molecular weight excluding hydrogens is 598 g/mol. The second-order valence-electron chi connectivity index (χ2n) is 10.6. The third-order valence-electron chi connectivity index (χ3n) is 7.00. The van der Waals surface area contributed by atoms with Gasteiger partial charge in [-0.05, 0) is 73.9 Å². The zero-order chi connectivity index (χ0) is 33.1. The fourth-order valence-corrected chi connectivity index (χ4v) is 5.94. The normalized spacial score (nSPS) is 11.8. The molecule has 3 aromatic carbocycles. The van der Waals surface area contributed by atoms with Crippen molar-refractivity contribution >= 4 is 27.5 Å². The lowest BCUT2D eigenvalue weighted by Gasteiger charge is -2.32. The Bertz CT molecular complexity index is 1540. The second-order valence-corrected chi connectivity index (χ2v) is 12.5. The SMILES string of the molecule is CCOc1ccc(N(CC(=O)N(Cc2cccc(OC)c2)[C@@H](C)C(=O)NCC(C)C)S(=O)(=O)c2ccc(OC)c(OC)c2)cc1. The van der Waals surface area contributed by atoms with Gasteiger partial charge in [-0.3, -0.25) is 13.9 Å². The number of methoxy groups -OCH3 is 3. The molecule has 1 N–H and O–H groups in total. The van der Waals surface area contributed by atoms with Crippen LogP contribution in [0.1, 0.15) is 33.3 Å². The molecular formula is C33H43N3O8S. The van der Waals surface area contributed by atoms with Gasteiger partial charge in [-0.25, -0.2) is 8.42 Å². The van der Waals surface area contributed by atoms with Crippen molar-refractivity contribution in [3.8, 4) is 23.0 Å². The summed E-state index contributed by atoms with van der Waals surface area (Å²) >= 11 is 0. The Labute approximate surface area is 266 Å². The molecule has 3 aromatic rings. The van der Waals surface area contributed by atoms with Crippen molar-refractivity contribution in [3.05, 3.63) is 72.3 Å². The monoisotopic (exact) mass is 641 g/mol. The van der Waals surface area contributed by atoms with Crippen LogP contribution >= 0.6 is 0 Å².